The zero-order valence-corrected chi connectivity index (χ0v) is 8.77. The lowest BCUT2D eigenvalue weighted by Gasteiger charge is -2.17. The van der Waals surface area contributed by atoms with Crippen LogP contribution in [0.4, 0.5) is 5.82 Å². The average molecular weight is 207 g/mol. The molecule has 0 atom stereocenters. The average Bonchev–Trinajstić information content (AvgIpc) is 2.17. The summed E-state index contributed by atoms with van der Waals surface area (Å²) in [4.78, 5) is 20.1. The molecule has 5 nitrogen and oxygen atoms in total. The maximum absolute atomic E-state index is 10.5. The highest BCUT2D eigenvalue weighted by molar-refractivity contribution is 5.84. The Hall–Kier alpha value is -1.91. The molecule has 1 aromatic heterocycles. The van der Waals surface area contributed by atoms with Crippen LogP contribution >= 0.6 is 0 Å². The molecule has 0 bridgehead atoms. The van der Waals surface area contributed by atoms with Crippen LogP contribution in [0.1, 0.15) is 17.4 Å². The summed E-state index contributed by atoms with van der Waals surface area (Å²) in [6.45, 7) is 6.36. The van der Waals surface area contributed by atoms with Crippen LogP contribution in [0, 0.1) is 0 Å². The molecule has 1 heterocycles. The van der Waals surface area contributed by atoms with Gasteiger partial charge in [0.1, 0.15) is 5.82 Å². The zero-order valence-electron chi connectivity index (χ0n) is 8.77. The molecule has 0 saturated carbocycles. The van der Waals surface area contributed by atoms with Gasteiger partial charge in [-0.1, -0.05) is 12.2 Å². The van der Waals surface area contributed by atoms with Crippen molar-refractivity contribution in [1.29, 1.82) is 0 Å². The Morgan fingerprint density at radius 3 is 2.60 bits per heavy atom. The van der Waals surface area contributed by atoms with Crippen LogP contribution < -0.4 is 4.90 Å². The quantitative estimate of drug-likeness (QED) is 0.751. The second-order valence-electron chi connectivity index (χ2n) is 3.38. The number of nitrogens with zero attached hydrogens (tertiary/aromatic N) is 3. The van der Waals surface area contributed by atoms with Gasteiger partial charge >= 0.3 is 5.97 Å². The Morgan fingerprint density at radius 1 is 1.53 bits per heavy atom. The zero-order chi connectivity index (χ0) is 11.4. The Kier molecular flexibility index (Phi) is 3.38. The Labute approximate surface area is 88.1 Å². The number of hydrogen-bond donors (Lipinski definition) is 1. The van der Waals surface area contributed by atoms with Crippen LogP contribution in [0.5, 0.6) is 0 Å². The molecule has 5 heteroatoms. The van der Waals surface area contributed by atoms with Crippen LogP contribution in [-0.4, -0.2) is 34.6 Å². The molecule has 0 aliphatic carbocycles. The number of hydrogen-bond acceptors (Lipinski definition) is 4. The third-order valence-corrected chi connectivity index (χ3v) is 1.76. The number of aromatic nitrogens is 2. The topological polar surface area (TPSA) is 66.3 Å². The van der Waals surface area contributed by atoms with Crippen molar-refractivity contribution in [1.82, 2.24) is 9.97 Å². The largest absolute Gasteiger partial charge is 0.476 e. The predicted molar refractivity (Wildman–Crippen MR) is 57.1 cm³/mol. The highest BCUT2D eigenvalue weighted by atomic mass is 16.4. The molecular weight excluding hydrogens is 194 g/mol. The maximum atomic E-state index is 10.5. The molecule has 0 amide bonds. The van der Waals surface area contributed by atoms with E-state index < -0.39 is 5.97 Å². The Bertz CT molecular complexity index is 373. The molecule has 1 rings (SSSR count). The number of likely N-dealkylation sites (N-methyl/N-ethyl adjacent to an activating group) is 1. The highest BCUT2D eigenvalue weighted by Gasteiger charge is 2.07. The summed E-state index contributed by atoms with van der Waals surface area (Å²) in [5.41, 5.74) is 0.948. The molecule has 0 fully saturated rings. The first-order valence-electron chi connectivity index (χ1n) is 4.41. The van der Waals surface area contributed by atoms with Gasteiger partial charge in [0, 0.05) is 13.6 Å². The van der Waals surface area contributed by atoms with E-state index in [4.69, 9.17) is 5.11 Å². The van der Waals surface area contributed by atoms with Crippen molar-refractivity contribution in [3.05, 3.63) is 30.2 Å². The van der Waals surface area contributed by atoms with Gasteiger partial charge in [-0.25, -0.2) is 14.8 Å². The van der Waals surface area contributed by atoms with Crippen molar-refractivity contribution >= 4 is 11.8 Å². The first kappa shape index (κ1) is 11.2. The van der Waals surface area contributed by atoms with Gasteiger partial charge in [0.05, 0.1) is 12.4 Å². The lowest BCUT2D eigenvalue weighted by Crippen LogP contribution is -2.20. The molecule has 0 unspecified atom stereocenters. The normalized spacial score (nSPS) is 9.73. The van der Waals surface area contributed by atoms with E-state index in [2.05, 4.69) is 16.5 Å². The lowest BCUT2D eigenvalue weighted by molar-refractivity contribution is 0.0690. The first-order chi connectivity index (χ1) is 7.00. The second-order valence-corrected chi connectivity index (χ2v) is 3.38. The smallest absolute Gasteiger partial charge is 0.356 e. The number of rotatable bonds is 4. The summed E-state index contributed by atoms with van der Waals surface area (Å²) in [5.74, 6) is -0.445. The molecule has 0 spiro atoms. The molecule has 0 aliphatic rings. The minimum atomic E-state index is -1.07. The molecule has 1 N–H and O–H groups in total. The van der Waals surface area contributed by atoms with E-state index in [9.17, 15) is 4.79 Å². The number of anilines is 1. The number of carboxylic acid groups (broad SMARTS) is 1. The molecule has 1 aromatic rings. The van der Waals surface area contributed by atoms with Crippen molar-refractivity contribution in [3.63, 3.8) is 0 Å². The van der Waals surface area contributed by atoms with E-state index in [0.29, 0.717) is 12.4 Å². The summed E-state index contributed by atoms with van der Waals surface area (Å²) in [6.07, 6.45) is 2.68. The minimum absolute atomic E-state index is 0.0533. The molecular formula is C10H13N3O2. The Morgan fingerprint density at radius 2 is 2.20 bits per heavy atom. The fourth-order valence-electron chi connectivity index (χ4n) is 1.11. The standard InChI is InChI=1S/C10H13N3O2/c1-7(2)6-13(3)9-5-11-8(4-12-9)10(14)15/h4-5H,1,6H2,2-3H3,(H,14,15). The van der Waals surface area contributed by atoms with Crippen LogP contribution in [0.15, 0.2) is 24.5 Å². The van der Waals surface area contributed by atoms with Crippen LogP contribution in [0.3, 0.4) is 0 Å². The monoisotopic (exact) mass is 207 g/mol. The van der Waals surface area contributed by atoms with Gasteiger partial charge < -0.3 is 10.0 Å². The van der Waals surface area contributed by atoms with Gasteiger partial charge in [-0.2, -0.15) is 0 Å². The van der Waals surface area contributed by atoms with Crippen molar-refractivity contribution in [2.45, 2.75) is 6.92 Å². The number of carbonyl (C=O) groups is 1. The summed E-state index contributed by atoms with van der Waals surface area (Å²) in [6, 6.07) is 0. The minimum Gasteiger partial charge on any atom is -0.476 e. The molecule has 0 aliphatic heterocycles. The molecule has 15 heavy (non-hydrogen) atoms. The SMILES string of the molecule is C=C(C)CN(C)c1cnc(C(=O)O)cn1. The van der Waals surface area contributed by atoms with Gasteiger partial charge in [-0.15, -0.1) is 0 Å². The van der Waals surface area contributed by atoms with Gasteiger partial charge in [0.15, 0.2) is 5.69 Å². The van der Waals surface area contributed by atoms with E-state index in [-0.39, 0.29) is 5.69 Å². The van der Waals surface area contributed by atoms with Crippen LogP contribution in [0.25, 0.3) is 0 Å². The van der Waals surface area contributed by atoms with Crippen LogP contribution in [-0.2, 0) is 0 Å². The fraction of sp³-hybridized carbons (Fsp3) is 0.300. The van der Waals surface area contributed by atoms with Crippen molar-refractivity contribution in [3.8, 4) is 0 Å². The maximum Gasteiger partial charge on any atom is 0.356 e. The number of carboxylic acids is 1. The molecule has 80 valence electrons. The lowest BCUT2D eigenvalue weighted by atomic mass is 10.3. The highest BCUT2D eigenvalue weighted by Crippen LogP contribution is 2.08. The van der Waals surface area contributed by atoms with Gasteiger partial charge in [-0.05, 0) is 6.92 Å². The summed E-state index contributed by atoms with van der Waals surface area (Å²) in [5, 5.41) is 8.63. The van der Waals surface area contributed by atoms with Crippen molar-refractivity contribution in [2.75, 3.05) is 18.5 Å². The van der Waals surface area contributed by atoms with E-state index in [1.807, 2.05) is 18.9 Å². The third-order valence-electron chi connectivity index (χ3n) is 1.76. The molecule has 0 saturated heterocycles. The van der Waals surface area contributed by atoms with Gasteiger partial charge in [-0.3, -0.25) is 0 Å². The Balaban J connectivity index is 2.79. The van der Waals surface area contributed by atoms with Gasteiger partial charge in [0.2, 0.25) is 0 Å². The third kappa shape index (κ3) is 3.05. The second kappa shape index (κ2) is 4.54. The van der Waals surface area contributed by atoms with Crippen molar-refractivity contribution in [2.24, 2.45) is 0 Å². The number of aromatic carboxylic acids is 1. The van der Waals surface area contributed by atoms with Gasteiger partial charge in [0.25, 0.3) is 0 Å². The predicted octanol–water partition coefficient (Wildman–Crippen LogP) is 1.19. The summed E-state index contributed by atoms with van der Waals surface area (Å²) >= 11 is 0. The first-order valence-corrected chi connectivity index (χ1v) is 4.41. The van der Waals surface area contributed by atoms with E-state index in [0.717, 1.165) is 5.57 Å². The summed E-state index contributed by atoms with van der Waals surface area (Å²) in [7, 11) is 1.85. The van der Waals surface area contributed by atoms with Crippen LogP contribution in [0.2, 0.25) is 0 Å². The fourth-order valence-corrected chi connectivity index (χ4v) is 1.11. The van der Waals surface area contributed by atoms with E-state index in [1.54, 1.807) is 0 Å². The summed E-state index contributed by atoms with van der Waals surface area (Å²) < 4.78 is 0. The molecule has 0 radical (unpaired) electrons. The van der Waals surface area contributed by atoms with E-state index >= 15 is 0 Å². The molecule has 0 aromatic carbocycles. The van der Waals surface area contributed by atoms with E-state index in [1.165, 1.54) is 12.4 Å². The van der Waals surface area contributed by atoms with Crippen molar-refractivity contribution < 1.29 is 9.90 Å².